The third-order valence-electron chi connectivity index (χ3n) is 5.97. The van der Waals surface area contributed by atoms with E-state index in [1.54, 1.807) is 24.3 Å². The van der Waals surface area contributed by atoms with Crippen molar-refractivity contribution in [2.45, 2.75) is 25.8 Å². The summed E-state index contributed by atoms with van der Waals surface area (Å²) in [6.45, 7) is 5.56. The minimum atomic E-state index is 0.0449. The van der Waals surface area contributed by atoms with Crippen molar-refractivity contribution >= 4 is 16.9 Å². The van der Waals surface area contributed by atoms with Crippen molar-refractivity contribution in [2.24, 2.45) is 0 Å². The van der Waals surface area contributed by atoms with Crippen molar-refractivity contribution in [3.8, 4) is 17.0 Å². The van der Waals surface area contributed by atoms with Crippen molar-refractivity contribution in [2.75, 3.05) is 26.2 Å². The quantitative estimate of drug-likeness (QED) is 0.717. The molecule has 3 aromatic rings. The number of fused-ring (bicyclic) bond motifs is 2. The third-order valence-corrected chi connectivity index (χ3v) is 5.97. The van der Waals surface area contributed by atoms with Gasteiger partial charge in [0, 0.05) is 36.9 Å². The number of nitrogens with zero attached hydrogens (tertiary/aromatic N) is 4. The van der Waals surface area contributed by atoms with E-state index in [0.717, 1.165) is 42.8 Å². The Morgan fingerprint density at radius 2 is 2.04 bits per heavy atom. The van der Waals surface area contributed by atoms with E-state index in [2.05, 4.69) is 20.1 Å². The summed E-state index contributed by atoms with van der Waals surface area (Å²) in [6.07, 6.45) is 2.39. The molecule has 0 radical (unpaired) electrons. The van der Waals surface area contributed by atoms with E-state index in [9.17, 15) is 9.90 Å². The molecular weight excluding hydrogens is 354 g/mol. The number of pyridine rings is 1. The number of carbonyl (C=O) groups is 1. The average molecular weight is 377 g/mol. The number of aromatic amines is 1. The van der Waals surface area contributed by atoms with Gasteiger partial charge in [-0.15, -0.1) is 0 Å². The molecule has 2 aliphatic heterocycles. The number of aromatic hydroxyl groups is 1. The van der Waals surface area contributed by atoms with Gasteiger partial charge in [-0.05, 0) is 56.6 Å². The van der Waals surface area contributed by atoms with Gasteiger partial charge in [-0.25, -0.2) is 4.98 Å². The Bertz CT molecular complexity index is 1040. The number of carbonyl (C=O) groups excluding carboxylic acids is 1. The smallest absolute Gasteiger partial charge is 0.254 e. The second-order valence-corrected chi connectivity index (χ2v) is 7.73. The average Bonchev–Trinajstić information content (AvgIpc) is 3.33. The minimum absolute atomic E-state index is 0.0449. The number of hydrogen-bond acceptors (Lipinski definition) is 5. The molecule has 7 heteroatoms. The fourth-order valence-corrected chi connectivity index (χ4v) is 4.47. The number of phenols is 1. The predicted molar refractivity (Wildman–Crippen MR) is 106 cm³/mol. The SMILES string of the molecule is Cc1[nH]nc2nc(-c3ccc(O)cc3)cc(C(=O)N3CCN4CCCC4C3)c12. The molecule has 1 aromatic carbocycles. The van der Waals surface area contributed by atoms with Crippen LogP contribution in [0.2, 0.25) is 0 Å². The summed E-state index contributed by atoms with van der Waals surface area (Å²) in [5.74, 6) is 0.245. The number of nitrogens with one attached hydrogen (secondary N) is 1. The number of amides is 1. The summed E-state index contributed by atoms with van der Waals surface area (Å²) < 4.78 is 0. The van der Waals surface area contributed by atoms with Crippen LogP contribution >= 0.6 is 0 Å². The van der Waals surface area contributed by atoms with Crippen molar-refractivity contribution < 1.29 is 9.90 Å². The Kier molecular flexibility index (Phi) is 4.05. The van der Waals surface area contributed by atoms with Crippen LogP contribution in [0.25, 0.3) is 22.3 Å². The van der Waals surface area contributed by atoms with Crippen LogP contribution in [0.3, 0.4) is 0 Å². The summed E-state index contributed by atoms with van der Waals surface area (Å²) >= 11 is 0. The Morgan fingerprint density at radius 1 is 1.21 bits per heavy atom. The van der Waals surface area contributed by atoms with Crippen LogP contribution in [0.4, 0.5) is 0 Å². The molecule has 7 nitrogen and oxygen atoms in total. The van der Waals surface area contributed by atoms with E-state index in [1.807, 2.05) is 17.9 Å². The number of aromatic nitrogens is 3. The molecule has 1 unspecified atom stereocenters. The summed E-state index contributed by atoms with van der Waals surface area (Å²) in [7, 11) is 0. The Morgan fingerprint density at radius 3 is 2.86 bits per heavy atom. The van der Waals surface area contributed by atoms with Gasteiger partial charge in [-0.3, -0.25) is 14.8 Å². The molecule has 5 rings (SSSR count). The van der Waals surface area contributed by atoms with Crippen LogP contribution in [0.5, 0.6) is 5.75 Å². The van der Waals surface area contributed by atoms with Gasteiger partial charge in [-0.2, -0.15) is 5.10 Å². The molecule has 0 aliphatic carbocycles. The van der Waals surface area contributed by atoms with Crippen LogP contribution in [0, 0.1) is 6.92 Å². The first-order valence-electron chi connectivity index (χ1n) is 9.78. The summed E-state index contributed by atoms with van der Waals surface area (Å²) in [6, 6.07) is 9.19. The van der Waals surface area contributed by atoms with E-state index >= 15 is 0 Å². The van der Waals surface area contributed by atoms with Gasteiger partial charge in [0.05, 0.1) is 16.6 Å². The molecule has 1 atom stereocenters. The molecule has 144 valence electrons. The molecule has 0 saturated carbocycles. The zero-order valence-corrected chi connectivity index (χ0v) is 15.9. The maximum atomic E-state index is 13.5. The first kappa shape index (κ1) is 17.2. The molecule has 0 spiro atoms. The lowest BCUT2D eigenvalue weighted by molar-refractivity contribution is 0.0573. The largest absolute Gasteiger partial charge is 0.508 e. The van der Waals surface area contributed by atoms with Gasteiger partial charge in [0.2, 0.25) is 0 Å². The van der Waals surface area contributed by atoms with E-state index in [0.29, 0.717) is 22.9 Å². The molecule has 1 amide bonds. The van der Waals surface area contributed by atoms with E-state index in [4.69, 9.17) is 0 Å². The minimum Gasteiger partial charge on any atom is -0.508 e. The zero-order valence-electron chi connectivity index (χ0n) is 15.9. The van der Waals surface area contributed by atoms with Crippen LogP contribution in [-0.4, -0.2) is 68.2 Å². The second-order valence-electron chi connectivity index (χ2n) is 7.73. The molecule has 2 aliphatic rings. The number of benzene rings is 1. The number of hydrogen-bond donors (Lipinski definition) is 2. The lowest BCUT2D eigenvalue weighted by Gasteiger charge is -2.37. The van der Waals surface area contributed by atoms with Crippen LogP contribution in [-0.2, 0) is 0 Å². The molecule has 2 aromatic heterocycles. The van der Waals surface area contributed by atoms with Gasteiger partial charge in [0.25, 0.3) is 5.91 Å². The van der Waals surface area contributed by atoms with Crippen molar-refractivity contribution in [3.05, 3.63) is 41.6 Å². The van der Waals surface area contributed by atoms with Gasteiger partial charge in [0.1, 0.15) is 5.75 Å². The van der Waals surface area contributed by atoms with Gasteiger partial charge < -0.3 is 10.0 Å². The monoisotopic (exact) mass is 377 g/mol. The highest BCUT2D eigenvalue weighted by Crippen LogP contribution is 2.29. The van der Waals surface area contributed by atoms with Crippen molar-refractivity contribution in [1.29, 1.82) is 0 Å². The fraction of sp³-hybridized carbons (Fsp3) is 0.381. The molecular formula is C21H23N5O2. The number of rotatable bonds is 2. The maximum absolute atomic E-state index is 13.5. The topological polar surface area (TPSA) is 85.3 Å². The molecule has 0 bridgehead atoms. The van der Waals surface area contributed by atoms with Crippen LogP contribution < -0.4 is 0 Å². The van der Waals surface area contributed by atoms with Crippen molar-refractivity contribution in [1.82, 2.24) is 25.0 Å². The predicted octanol–water partition coefficient (Wildman–Crippen LogP) is 2.56. The first-order chi connectivity index (χ1) is 13.6. The van der Waals surface area contributed by atoms with E-state index in [1.165, 1.54) is 12.8 Å². The van der Waals surface area contributed by atoms with Gasteiger partial charge in [-0.1, -0.05) is 0 Å². The number of phenolic OH excluding ortho intramolecular Hbond substituents is 1. The van der Waals surface area contributed by atoms with E-state index in [-0.39, 0.29) is 11.7 Å². The summed E-state index contributed by atoms with van der Waals surface area (Å²) in [5, 5.41) is 17.6. The number of H-pyrrole nitrogens is 1. The lowest BCUT2D eigenvalue weighted by Crippen LogP contribution is -2.52. The highest BCUT2D eigenvalue weighted by Gasteiger charge is 2.33. The highest BCUT2D eigenvalue weighted by molar-refractivity contribution is 6.07. The third kappa shape index (κ3) is 2.82. The van der Waals surface area contributed by atoms with Gasteiger partial charge in [0.15, 0.2) is 5.65 Å². The summed E-state index contributed by atoms with van der Waals surface area (Å²) in [4.78, 5) is 22.6. The van der Waals surface area contributed by atoms with Crippen LogP contribution in [0.15, 0.2) is 30.3 Å². The molecule has 2 fully saturated rings. The Hall–Kier alpha value is -2.93. The highest BCUT2D eigenvalue weighted by atomic mass is 16.3. The lowest BCUT2D eigenvalue weighted by atomic mass is 10.0. The summed E-state index contributed by atoms with van der Waals surface area (Å²) in [5.41, 5.74) is 3.57. The zero-order chi connectivity index (χ0) is 19.3. The maximum Gasteiger partial charge on any atom is 0.254 e. The van der Waals surface area contributed by atoms with Crippen molar-refractivity contribution in [3.63, 3.8) is 0 Å². The normalized spacial score (nSPS) is 19.9. The Labute approximate surface area is 163 Å². The molecule has 28 heavy (non-hydrogen) atoms. The second kappa shape index (κ2) is 6.60. The first-order valence-corrected chi connectivity index (χ1v) is 9.78. The van der Waals surface area contributed by atoms with Gasteiger partial charge >= 0.3 is 0 Å². The fourth-order valence-electron chi connectivity index (χ4n) is 4.47. The van der Waals surface area contributed by atoms with E-state index < -0.39 is 0 Å². The molecule has 2 N–H and O–H groups in total. The molecule has 2 saturated heterocycles. The van der Waals surface area contributed by atoms with Crippen LogP contribution in [0.1, 0.15) is 28.9 Å². The molecule has 4 heterocycles. The standard InChI is InChI=1S/C21H23N5O2/c1-13-19-17(21(28)26-10-9-25-8-2-3-15(25)12-26)11-18(22-20(19)24-23-13)14-4-6-16(27)7-5-14/h4-7,11,15,27H,2-3,8-10,12H2,1H3,(H,22,23,24). The number of aryl methyl sites for hydroxylation is 1. The Balaban J connectivity index is 1.56. The number of piperazine rings is 1.